The van der Waals surface area contributed by atoms with Crippen LogP contribution in [0.4, 0.5) is 5.69 Å². The van der Waals surface area contributed by atoms with E-state index in [0.717, 1.165) is 11.6 Å². The van der Waals surface area contributed by atoms with Crippen LogP contribution in [0.5, 0.6) is 5.88 Å². The Labute approximate surface area is 106 Å². The summed E-state index contributed by atoms with van der Waals surface area (Å²) >= 11 is 0. The second-order valence-corrected chi connectivity index (χ2v) is 4.66. The number of nitrogens with two attached hydrogens (primary N) is 1. The molecule has 0 radical (unpaired) electrons. The van der Waals surface area contributed by atoms with Crippen molar-refractivity contribution in [2.45, 2.75) is 19.8 Å². The molecule has 18 heavy (non-hydrogen) atoms. The van der Waals surface area contributed by atoms with Gasteiger partial charge >= 0.3 is 0 Å². The Morgan fingerprint density at radius 1 is 1.44 bits per heavy atom. The molecule has 5 nitrogen and oxygen atoms in total. The number of nitrogens with zero attached hydrogens (tertiary/aromatic N) is 3. The normalized spacial score (nSPS) is 14.7. The lowest BCUT2D eigenvalue weighted by atomic mass is 10.4. The molecule has 1 fully saturated rings. The van der Waals surface area contributed by atoms with Gasteiger partial charge in [0.25, 0.3) is 0 Å². The molecule has 0 unspecified atom stereocenters. The Kier molecular flexibility index (Phi) is 2.66. The van der Waals surface area contributed by atoms with E-state index in [2.05, 4.69) is 9.97 Å². The Morgan fingerprint density at radius 3 is 2.94 bits per heavy atom. The van der Waals surface area contributed by atoms with Crippen molar-refractivity contribution in [1.29, 1.82) is 0 Å². The summed E-state index contributed by atoms with van der Waals surface area (Å²) < 4.78 is 7.58. The largest absolute Gasteiger partial charge is 0.476 e. The molecule has 2 aromatic rings. The van der Waals surface area contributed by atoms with Gasteiger partial charge in [0.2, 0.25) is 5.88 Å². The Hall–Kier alpha value is -2.04. The molecule has 1 saturated carbocycles. The van der Waals surface area contributed by atoms with E-state index >= 15 is 0 Å². The molecule has 94 valence electrons. The van der Waals surface area contributed by atoms with Gasteiger partial charge in [-0.25, -0.2) is 4.98 Å². The predicted octanol–water partition coefficient (Wildman–Crippen LogP) is 1.95. The van der Waals surface area contributed by atoms with Crippen molar-refractivity contribution in [3.63, 3.8) is 0 Å². The molecular formula is C13H16N4O. The second kappa shape index (κ2) is 4.33. The van der Waals surface area contributed by atoms with Gasteiger partial charge in [-0.3, -0.25) is 4.57 Å². The van der Waals surface area contributed by atoms with Gasteiger partial charge in [0.1, 0.15) is 11.6 Å². The first-order valence-corrected chi connectivity index (χ1v) is 6.13. The number of pyridine rings is 1. The fraction of sp³-hybridized carbons (Fsp3) is 0.385. The molecule has 0 amide bonds. The summed E-state index contributed by atoms with van der Waals surface area (Å²) in [7, 11) is 0. The molecule has 2 N–H and O–H groups in total. The van der Waals surface area contributed by atoms with E-state index in [-0.39, 0.29) is 0 Å². The van der Waals surface area contributed by atoms with E-state index in [1.165, 1.54) is 12.8 Å². The molecule has 2 aromatic heterocycles. The fourth-order valence-electron chi connectivity index (χ4n) is 1.79. The summed E-state index contributed by atoms with van der Waals surface area (Å²) in [5.41, 5.74) is 6.46. The zero-order valence-electron chi connectivity index (χ0n) is 10.3. The van der Waals surface area contributed by atoms with Gasteiger partial charge in [0.15, 0.2) is 0 Å². The monoisotopic (exact) mass is 244 g/mol. The van der Waals surface area contributed by atoms with Crippen LogP contribution in [0.25, 0.3) is 5.82 Å². The number of rotatable bonds is 4. The molecule has 0 saturated heterocycles. The Bertz CT molecular complexity index is 560. The van der Waals surface area contributed by atoms with Crippen molar-refractivity contribution in [3.8, 4) is 11.7 Å². The predicted molar refractivity (Wildman–Crippen MR) is 68.7 cm³/mol. The Morgan fingerprint density at radius 2 is 2.28 bits per heavy atom. The Balaban J connectivity index is 1.87. The van der Waals surface area contributed by atoms with Crippen molar-refractivity contribution in [2.24, 2.45) is 5.92 Å². The number of imidazole rings is 1. The first-order valence-electron chi connectivity index (χ1n) is 6.13. The molecule has 2 heterocycles. The van der Waals surface area contributed by atoms with Gasteiger partial charge in [0, 0.05) is 12.4 Å². The molecule has 0 aromatic carbocycles. The average molecular weight is 244 g/mol. The van der Waals surface area contributed by atoms with Crippen LogP contribution < -0.4 is 10.5 Å². The topological polar surface area (TPSA) is 66.0 Å². The zero-order chi connectivity index (χ0) is 12.5. The molecule has 1 aliphatic carbocycles. The lowest BCUT2D eigenvalue weighted by molar-refractivity contribution is 0.290. The van der Waals surface area contributed by atoms with Crippen LogP contribution in [0.3, 0.4) is 0 Å². The summed E-state index contributed by atoms with van der Waals surface area (Å²) in [6.07, 6.45) is 6.12. The first-order chi connectivity index (χ1) is 8.74. The molecule has 0 aliphatic heterocycles. The number of hydrogen-bond acceptors (Lipinski definition) is 4. The van der Waals surface area contributed by atoms with Crippen molar-refractivity contribution in [1.82, 2.24) is 14.5 Å². The molecular weight excluding hydrogens is 228 g/mol. The summed E-state index contributed by atoms with van der Waals surface area (Å²) in [6.45, 7) is 2.65. The van der Waals surface area contributed by atoms with Gasteiger partial charge in [-0.05, 0) is 37.8 Å². The maximum atomic E-state index is 5.88. The van der Waals surface area contributed by atoms with Gasteiger partial charge in [0.05, 0.1) is 12.3 Å². The van der Waals surface area contributed by atoms with E-state index < -0.39 is 0 Å². The van der Waals surface area contributed by atoms with Crippen molar-refractivity contribution >= 4 is 5.69 Å². The van der Waals surface area contributed by atoms with Crippen LogP contribution in [0, 0.1) is 12.8 Å². The summed E-state index contributed by atoms with van der Waals surface area (Å²) in [6, 6.07) is 3.69. The minimum atomic E-state index is 0.521. The van der Waals surface area contributed by atoms with Gasteiger partial charge in [-0.1, -0.05) is 0 Å². The molecule has 1 aliphatic rings. The summed E-state index contributed by atoms with van der Waals surface area (Å²) in [5.74, 6) is 2.88. The lowest BCUT2D eigenvalue weighted by Crippen LogP contribution is -2.06. The highest BCUT2D eigenvalue weighted by atomic mass is 16.5. The van der Waals surface area contributed by atoms with Crippen LogP contribution in [-0.2, 0) is 0 Å². The smallest absolute Gasteiger partial charge is 0.239 e. The van der Waals surface area contributed by atoms with Crippen LogP contribution in [0.1, 0.15) is 18.7 Å². The van der Waals surface area contributed by atoms with E-state index in [9.17, 15) is 0 Å². The standard InChI is InChI=1S/C13H16N4O/c1-9-15-6-7-17(9)12-5-4-11(14)13(16-12)18-8-10-2-3-10/h4-7,10H,2-3,8,14H2,1H3. The van der Waals surface area contributed by atoms with E-state index in [1.54, 1.807) is 6.20 Å². The maximum Gasteiger partial charge on any atom is 0.239 e. The van der Waals surface area contributed by atoms with Gasteiger partial charge < -0.3 is 10.5 Å². The van der Waals surface area contributed by atoms with Crippen LogP contribution in [0.2, 0.25) is 0 Å². The molecule has 0 atom stereocenters. The van der Waals surface area contributed by atoms with E-state index in [0.29, 0.717) is 24.1 Å². The van der Waals surface area contributed by atoms with Crippen molar-refractivity contribution < 1.29 is 4.74 Å². The average Bonchev–Trinajstić information content (AvgIpc) is 3.10. The lowest BCUT2D eigenvalue weighted by Gasteiger charge is -2.10. The molecule has 0 spiro atoms. The van der Waals surface area contributed by atoms with Crippen molar-refractivity contribution in [3.05, 3.63) is 30.4 Å². The quantitative estimate of drug-likeness (QED) is 0.892. The highest BCUT2D eigenvalue weighted by Crippen LogP contribution is 2.30. The van der Waals surface area contributed by atoms with Crippen LogP contribution in [0.15, 0.2) is 24.5 Å². The highest BCUT2D eigenvalue weighted by Gasteiger charge is 2.22. The third kappa shape index (κ3) is 2.16. The number of anilines is 1. The first kappa shape index (κ1) is 11.1. The third-order valence-electron chi connectivity index (χ3n) is 3.10. The zero-order valence-corrected chi connectivity index (χ0v) is 10.3. The van der Waals surface area contributed by atoms with Gasteiger partial charge in [-0.2, -0.15) is 4.98 Å². The number of aromatic nitrogens is 3. The SMILES string of the molecule is Cc1nccn1-c1ccc(N)c(OCC2CC2)n1. The molecule has 0 bridgehead atoms. The van der Waals surface area contributed by atoms with Crippen molar-refractivity contribution in [2.75, 3.05) is 12.3 Å². The number of nitrogen functional groups attached to an aromatic ring is 1. The summed E-state index contributed by atoms with van der Waals surface area (Å²) in [5, 5.41) is 0. The number of ether oxygens (including phenoxy) is 1. The number of hydrogen-bond donors (Lipinski definition) is 1. The van der Waals surface area contributed by atoms with Crippen LogP contribution in [-0.4, -0.2) is 21.1 Å². The molecule has 5 heteroatoms. The van der Waals surface area contributed by atoms with E-state index in [4.69, 9.17) is 10.5 Å². The number of aryl methyl sites for hydroxylation is 1. The third-order valence-corrected chi connectivity index (χ3v) is 3.10. The van der Waals surface area contributed by atoms with Gasteiger partial charge in [-0.15, -0.1) is 0 Å². The fourth-order valence-corrected chi connectivity index (χ4v) is 1.79. The van der Waals surface area contributed by atoms with Crippen LogP contribution >= 0.6 is 0 Å². The second-order valence-electron chi connectivity index (χ2n) is 4.66. The minimum absolute atomic E-state index is 0.521. The minimum Gasteiger partial charge on any atom is -0.476 e. The highest BCUT2D eigenvalue weighted by molar-refractivity contribution is 5.50. The summed E-state index contributed by atoms with van der Waals surface area (Å²) in [4.78, 5) is 8.63. The molecule has 3 rings (SSSR count). The maximum absolute atomic E-state index is 5.88. The van der Waals surface area contributed by atoms with E-state index in [1.807, 2.05) is 29.8 Å².